The van der Waals surface area contributed by atoms with Crippen LogP contribution < -0.4 is 4.74 Å². The fraction of sp³-hybridized carbons (Fsp3) is 0.708. The van der Waals surface area contributed by atoms with Gasteiger partial charge in [-0.3, -0.25) is 4.79 Å². The molecule has 0 radical (unpaired) electrons. The zero-order valence-electron chi connectivity index (χ0n) is 17.8. The van der Waals surface area contributed by atoms with Crippen molar-refractivity contribution in [1.29, 1.82) is 0 Å². The molecule has 0 aromatic heterocycles. The molecule has 0 atom stereocenters. The van der Waals surface area contributed by atoms with Crippen molar-refractivity contribution in [3.63, 3.8) is 0 Å². The standard InChI is InChI=1S/C24H37NO3/c1-25(2)23(26)21-9-11-22(12-10-21)27-18-6-3-4-8-20-13-16-24(17-14-20)15-5-7-19-28-24/h9-12,20H,3-8,13-19H2,1-2H3. The second-order valence-corrected chi connectivity index (χ2v) is 8.85. The van der Waals surface area contributed by atoms with Crippen LogP contribution >= 0.6 is 0 Å². The SMILES string of the molecule is CN(C)C(=O)c1ccc(OCCCCCC2CCC3(CCCCO3)CC2)cc1. The summed E-state index contributed by atoms with van der Waals surface area (Å²) < 4.78 is 12.0. The first-order valence-corrected chi connectivity index (χ1v) is 11.2. The Balaban J connectivity index is 1.25. The molecule has 1 saturated carbocycles. The monoisotopic (exact) mass is 387 g/mol. The van der Waals surface area contributed by atoms with E-state index in [1.165, 1.54) is 64.2 Å². The van der Waals surface area contributed by atoms with Gasteiger partial charge in [-0.05, 0) is 81.5 Å². The number of hydrogen-bond acceptors (Lipinski definition) is 3. The number of unbranched alkanes of at least 4 members (excludes halogenated alkanes) is 2. The van der Waals surface area contributed by atoms with Crippen LogP contribution in [0.15, 0.2) is 24.3 Å². The minimum absolute atomic E-state index is 0.0234. The minimum Gasteiger partial charge on any atom is -0.494 e. The Morgan fingerprint density at radius 2 is 1.82 bits per heavy atom. The Morgan fingerprint density at radius 3 is 2.46 bits per heavy atom. The van der Waals surface area contributed by atoms with Crippen molar-refractivity contribution in [2.75, 3.05) is 27.3 Å². The minimum atomic E-state index is 0.0234. The van der Waals surface area contributed by atoms with E-state index in [1.807, 2.05) is 24.3 Å². The fourth-order valence-corrected chi connectivity index (χ4v) is 4.65. The number of carbonyl (C=O) groups is 1. The van der Waals surface area contributed by atoms with Gasteiger partial charge in [-0.25, -0.2) is 0 Å². The van der Waals surface area contributed by atoms with Crippen LogP contribution in [0.25, 0.3) is 0 Å². The van der Waals surface area contributed by atoms with Crippen LogP contribution in [0.5, 0.6) is 5.75 Å². The van der Waals surface area contributed by atoms with Crippen LogP contribution in [0.2, 0.25) is 0 Å². The molecule has 1 aromatic rings. The first-order chi connectivity index (χ1) is 13.6. The van der Waals surface area contributed by atoms with Gasteiger partial charge in [0.2, 0.25) is 0 Å². The van der Waals surface area contributed by atoms with E-state index in [0.717, 1.165) is 31.3 Å². The first kappa shape index (κ1) is 21.2. The summed E-state index contributed by atoms with van der Waals surface area (Å²) in [4.78, 5) is 13.5. The molecule has 2 fully saturated rings. The lowest BCUT2D eigenvalue weighted by Gasteiger charge is -2.42. The van der Waals surface area contributed by atoms with Gasteiger partial charge in [-0.15, -0.1) is 0 Å². The number of carbonyl (C=O) groups excluding carboxylic acids is 1. The fourth-order valence-electron chi connectivity index (χ4n) is 4.65. The van der Waals surface area contributed by atoms with Gasteiger partial charge in [0.25, 0.3) is 5.91 Å². The molecule has 156 valence electrons. The van der Waals surface area contributed by atoms with E-state index in [1.54, 1.807) is 19.0 Å². The second-order valence-electron chi connectivity index (χ2n) is 8.85. The van der Waals surface area contributed by atoms with E-state index in [9.17, 15) is 4.79 Å². The lowest BCUT2D eigenvalue weighted by atomic mass is 9.74. The Morgan fingerprint density at radius 1 is 1.07 bits per heavy atom. The molecule has 4 nitrogen and oxygen atoms in total. The van der Waals surface area contributed by atoms with E-state index in [4.69, 9.17) is 9.47 Å². The number of ether oxygens (including phenoxy) is 2. The summed E-state index contributed by atoms with van der Waals surface area (Å²) >= 11 is 0. The number of nitrogens with zero attached hydrogens (tertiary/aromatic N) is 1. The Labute approximate surface area is 170 Å². The number of amides is 1. The number of benzene rings is 1. The van der Waals surface area contributed by atoms with Crippen molar-refractivity contribution in [3.05, 3.63) is 29.8 Å². The zero-order chi connectivity index (χ0) is 19.8. The van der Waals surface area contributed by atoms with Gasteiger partial charge in [-0.1, -0.05) is 19.3 Å². The van der Waals surface area contributed by atoms with Crippen LogP contribution in [0.1, 0.15) is 81.0 Å². The van der Waals surface area contributed by atoms with E-state index in [0.29, 0.717) is 5.56 Å². The third kappa shape index (κ3) is 5.97. The Bertz CT molecular complexity index is 595. The molecule has 3 rings (SSSR count). The summed E-state index contributed by atoms with van der Waals surface area (Å²) in [7, 11) is 3.53. The molecule has 4 heteroatoms. The van der Waals surface area contributed by atoms with Crippen molar-refractivity contribution in [2.24, 2.45) is 5.92 Å². The highest BCUT2D eigenvalue weighted by atomic mass is 16.5. The maximum Gasteiger partial charge on any atom is 0.253 e. The van der Waals surface area contributed by atoms with E-state index >= 15 is 0 Å². The third-order valence-corrected chi connectivity index (χ3v) is 6.48. The molecule has 1 spiro atoms. The number of hydrogen-bond donors (Lipinski definition) is 0. The Hall–Kier alpha value is -1.55. The van der Waals surface area contributed by atoms with Gasteiger partial charge in [0, 0.05) is 26.3 Å². The van der Waals surface area contributed by atoms with Crippen LogP contribution in [-0.2, 0) is 4.74 Å². The molecular formula is C24H37NO3. The quantitative estimate of drug-likeness (QED) is 0.556. The van der Waals surface area contributed by atoms with Crippen LogP contribution in [0.3, 0.4) is 0 Å². The molecule has 1 saturated heterocycles. The average Bonchev–Trinajstić information content (AvgIpc) is 2.72. The van der Waals surface area contributed by atoms with Gasteiger partial charge >= 0.3 is 0 Å². The molecule has 28 heavy (non-hydrogen) atoms. The predicted octanol–water partition coefficient (Wildman–Crippen LogP) is 5.46. The highest BCUT2D eigenvalue weighted by Crippen LogP contribution is 2.41. The molecular weight excluding hydrogens is 350 g/mol. The van der Waals surface area contributed by atoms with Gasteiger partial charge in [0.1, 0.15) is 5.75 Å². The second kappa shape index (κ2) is 10.3. The smallest absolute Gasteiger partial charge is 0.253 e. The topological polar surface area (TPSA) is 38.8 Å². The van der Waals surface area contributed by atoms with Crippen LogP contribution in [-0.4, -0.2) is 43.7 Å². The zero-order valence-corrected chi connectivity index (χ0v) is 17.8. The maximum absolute atomic E-state index is 11.9. The summed E-state index contributed by atoms with van der Waals surface area (Å²) in [6, 6.07) is 7.46. The lowest BCUT2D eigenvalue weighted by Crippen LogP contribution is -2.39. The first-order valence-electron chi connectivity index (χ1n) is 11.2. The van der Waals surface area contributed by atoms with Crippen molar-refractivity contribution in [1.82, 2.24) is 4.90 Å². The number of rotatable bonds is 8. The van der Waals surface area contributed by atoms with Gasteiger partial charge < -0.3 is 14.4 Å². The molecule has 0 N–H and O–H groups in total. The summed E-state index contributed by atoms with van der Waals surface area (Å²) in [5.41, 5.74) is 0.959. The lowest BCUT2D eigenvalue weighted by molar-refractivity contribution is -0.107. The highest BCUT2D eigenvalue weighted by Gasteiger charge is 2.37. The normalized spacial score (nSPS) is 24.9. The summed E-state index contributed by atoms with van der Waals surface area (Å²) in [5, 5.41) is 0. The van der Waals surface area contributed by atoms with Crippen molar-refractivity contribution in [3.8, 4) is 5.75 Å². The molecule has 1 aliphatic heterocycles. The van der Waals surface area contributed by atoms with Crippen molar-refractivity contribution in [2.45, 2.75) is 76.2 Å². The maximum atomic E-state index is 11.9. The van der Waals surface area contributed by atoms with Crippen molar-refractivity contribution >= 4 is 5.91 Å². The Kier molecular flexibility index (Phi) is 7.78. The third-order valence-electron chi connectivity index (χ3n) is 6.48. The largest absolute Gasteiger partial charge is 0.494 e. The van der Waals surface area contributed by atoms with Gasteiger partial charge in [0.15, 0.2) is 0 Å². The molecule has 1 amide bonds. The molecule has 1 heterocycles. The predicted molar refractivity (Wildman–Crippen MR) is 113 cm³/mol. The van der Waals surface area contributed by atoms with Crippen LogP contribution in [0.4, 0.5) is 0 Å². The van der Waals surface area contributed by atoms with E-state index in [2.05, 4.69) is 0 Å². The molecule has 1 aromatic carbocycles. The summed E-state index contributed by atoms with van der Waals surface area (Å²) in [6.45, 7) is 1.74. The van der Waals surface area contributed by atoms with Crippen LogP contribution in [0, 0.1) is 5.92 Å². The molecule has 0 bridgehead atoms. The van der Waals surface area contributed by atoms with Crippen molar-refractivity contribution < 1.29 is 14.3 Å². The molecule has 2 aliphatic rings. The van der Waals surface area contributed by atoms with E-state index in [-0.39, 0.29) is 11.5 Å². The van der Waals surface area contributed by atoms with Gasteiger partial charge in [0.05, 0.1) is 12.2 Å². The van der Waals surface area contributed by atoms with E-state index < -0.39 is 0 Å². The highest BCUT2D eigenvalue weighted by molar-refractivity contribution is 5.93. The average molecular weight is 388 g/mol. The summed E-state index contributed by atoms with van der Waals surface area (Å²) in [5.74, 6) is 1.77. The summed E-state index contributed by atoms with van der Waals surface area (Å²) in [6.07, 6.45) is 14.2. The molecule has 1 aliphatic carbocycles. The molecule has 0 unspecified atom stereocenters. The van der Waals surface area contributed by atoms with Gasteiger partial charge in [-0.2, -0.15) is 0 Å².